The summed E-state index contributed by atoms with van der Waals surface area (Å²) in [7, 11) is 0. The Morgan fingerprint density at radius 3 is 2.82 bits per heavy atom. The van der Waals surface area contributed by atoms with E-state index in [2.05, 4.69) is 36.3 Å². The van der Waals surface area contributed by atoms with E-state index in [1.807, 2.05) is 6.07 Å². The van der Waals surface area contributed by atoms with Crippen molar-refractivity contribution in [3.63, 3.8) is 0 Å². The molecule has 0 aliphatic carbocycles. The zero-order valence-electron chi connectivity index (χ0n) is 12.8. The van der Waals surface area contributed by atoms with Crippen LogP contribution in [-0.4, -0.2) is 11.5 Å². The van der Waals surface area contributed by atoms with Crippen molar-refractivity contribution in [3.8, 4) is 0 Å². The van der Waals surface area contributed by atoms with Gasteiger partial charge >= 0.3 is 0 Å². The second-order valence-electron chi connectivity index (χ2n) is 6.21. The van der Waals surface area contributed by atoms with Crippen LogP contribution in [0.1, 0.15) is 34.0 Å². The van der Waals surface area contributed by atoms with Crippen LogP contribution in [-0.2, 0) is 6.42 Å². The van der Waals surface area contributed by atoms with Crippen LogP contribution < -0.4 is 5.32 Å². The van der Waals surface area contributed by atoms with E-state index in [0.29, 0.717) is 0 Å². The average molecular weight is 294 g/mol. The lowest BCUT2D eigenvalue weighted by molar-refractivity contribution is 0.553. The molecule has 22 heavy (non-hydrogen) atoms. The van der Waals surface area contributed by atoms with E-state index in [-0.39, 0.29) is 11.9 Å². The first-order valence-electron chi connectivity index (χ1n) is 7.74. The molecule has 0 saturated carbocycles. The molecule has 0 bridgehead atoms. The van der Waals surface area contributed by atoms with E-state index in [1.54, 1.807) is 12.1 Å². The average Bonchev–Trinajstić information content (AvgIpc) is 2.85. The van der Waals surface area contributed by atoms with Gasteiger partial charge in [0, 0.05) is 23.1 Å². The first kappa shape index (κ1) is 13.5. The lowest BCUT2D eigenvalue weighted by Gasteiger charge is -2.25. The van der Waals surface area contributed by atoms with Crippen molar-refractivity contribution in [2.24, 2.45) is 0 Å². The van der Waals surface area contributed by atoms with Gasteiger partial charge in [-0.05, 0) is 60.7 Å². The van der Waals surface area contributed by atoms with Gasteiger partial charge in [-0.2, -0.15) is 0 Å². The number of rotatable bonds is 1. The summed E-state index contributed by atoms with van der Waals surface area (Å²) in [5, 5.41) is 4.85. The molecule has 0 spiro atoms. The molecule has 1 aliphatic heterocycles. The fraction of sp³-hybridized carbons (Fsp3) is 0.263. The minimum Gasteiger partial charge on any atom is -0.357 e. The van der Waals surface area contributed by atoms with Crippen LogP contribution in [0.25, 0.3) is 10.9 Å². The Labute approximate surface area is 129 Å². The molecule has 2 nitrogen and oxygen atoms in total. The number of hydrogen-bond donors (Lipinski definition) is 2. The Morgan fingerprint density at radius 2 is 2.00 bits per heavy atom. The van der Waals surface area contributed by atoms with Crippen molar-refractivity contribution in [2.45, 2.75) is 26.3 Å². The molecule has 1 aliphatic rings. The van der Waals surface area contributed by atoms with Crippen molar-refractivity contribution < 1.29 is 4.39 Å². The second kappa shape index (κ2) is 4.96. The summed E-state index contributed by atoms with van der Waals surface area (Å²) in [5.74, 6) is -0.186. The molecule has 3 aromatic rings. The number of H-pyrrole nitrogens is 1. The number of fused-ring (bicyclic) bond motifs is 3. The van der Waals surface area contributed by atoms with E-state index >= 15 is 0 Å². The molecule has 3 heteroatoms. The minimum atomic E-state index is -0.186. The van der Waals surface area contributed by atoms with Crippen LogP contribution in [0.3, 0.4) is 0 Å². The zero-order chi connectivity index (χ0) is 15.3. The standard InChI is InChI=1S/C19H19FN2/c1-11-8-12(2)17-15-6-7-21-18(19(15)22-16(17)9-11)13-4-3-5-14(20)10-13/h3-5,8-10,18,21-22H,6-7H2,1-2H3. The van der Waals surface area contributed by atoms with Crippen LogP contribution in [0, 0.1) is 19.7 Å². The molecule has 0 radical (unpaired) electrons. The van der Waals surface area contributed by atoms with Crippen LogP contribution in [0.5, 0.6) is 0 Å². The maximum atomic E-state index is 13.6. The molecule has 0 amide bonds. The van der Waals surface area contributed by atoms with Gasteiger partial charge in [0.2, 0.25) is 0 Å². The fourth-order valence-corrected chi connectivity index (χ4v) is 3.74. The maximum absolute atomic E-state index is 13.6. The van der Waals surface area contributed by atoms with Gasteiger partial charge in [-0.3, -0.25) is 0 Å². The normalized spacial score (nSPS) is 17.7. The monoisotopic (exact) mass is 294 g/mol. The molecule has 1 atom stereocenters. The highest BCUT2D eigenvalue weighted by Gasteiger charge is 2.26. The summed E-state index contributed by atoms with van der Waals surface area (Å²) in [4.78, 5) is 3.58. The summed E-state index contributed by atoms with van der Waals surface area (Å²) in [6, 6.07) is 11.3. The second-order valence-corrected chi connectivity index (χ2v) is 6.21. The molecule has 1 unspecified atom stereocenters. The lowest BCUT2D eigenvalue weighted by atomic mass is 9.93. The Balaban J connectivity index is 1.93. The molecular weight excluding hydrogens is 275 g/mol. The van der Waals surface area contributed by atoms with Gasteiger partial charge in [0.25, 0.3) is 0 Å². The Bertz CT molecular complexity index is 863. The summed E-state index contributed by atoms with van der Waals surface area (Å²) >= 11 is 0. The highest BCUT2D eigenvalue weighted by molar-refractivity contribution is 5.89. The molecule has 0 saturated heterocycles. The number of aromatic amines is 1. The van der Waals surface area contributed by atoms with E-state index in [4.69, 9.17) is 0 Å². The highest BCUT2D eigenvalue weighted by atomic mass is 19.1. The predicted molar refractivity (Wildman–Crippen MR) is 87.7 cm³/mol. The molecule has 2 aromatic carbocycles. The quantitative estimate of drug-likeness (QED) is 0.693. The van der Waals surface area contributed by atoms with Crippen molar-refractivity contribution in [1.29, 1.82) is 0 Å². The summed E-state index contributed by atoms with van der Waals surface area (Å²) < 4.78 is 13.6. The van der Waals surface area contributed by atoms with Gasteiger partial charge < -0.3 is 10.3 Å². The smallest absolute Gasteiger partial charge is 0.123 e. The third-order valence-corrected chi connectivity index (χ3v) is 4.57. The van der Waals surface area contributed by atoms with Gasteiger partial charge in [-0.1, -0.05) is 18.2 Å². The van der Waals surface area contributed by atoms with E-state index in [1.165, 1.54) is 39.4 Å². The summed E-state index contributed by atoms with van der Waals surface area (Å²) in [6.07, 6.45) is 1.01. The van der Waals surface area contributed by atoms with Crippen LogP contribution in [0.2, 0.25) is 0 Å². The fourth-order valence-electron chi connectivity index (χ4n) is 3.74. The van der Waals surface area contributed by atoms with Crippen LogP contribution in [0.15, 0.2) is 36.4 Å². The van der Waals surface area contributed by atoms with Crippen molar-refractivity contribution >= 4 is 10.9 Å². The molecule has 112 valence electrons. The number of benzene rings is 2. The van der Waals surface area contributed by atoms with Crippen LogP contribution >= 0.6 is 0 Å². The Kier molecular flexibility index (Phi) is 3.05. The van der Waals surface area contributed by atoms with Crippen molar-refractivity contribution in [2.75, 3.05) is 6.54 Å². The molecular formula is C19H19FN2. The lowest BCUT2D eigenvalue weighted by Crippen LogP contribution is -2.30. The van der Waals surface area contributed by atoms with Crippen molar-refractivity contribution in [3.05, 3.63) is 70.2 Å². The summed E-state index contributed by atoms with van der Waals surface area (Å²) in [5.41, 5.74) is 7.29. The first-order chi connectivity index (χ1) is 10.6. The molecule has 0 fully saturated rings. The SMILES string of the molecule is Cc1cc(C)c2c3c([nH]c2c1)C(c1cccc(F)c1)NCC3. The van der Waals surface area contributed by atoms with E-state index in [0.717, 1.165) is 18.5 Å². The zero-order valence-corrected chi connectivity index (χ0v) is 12.8. The molecule has 4 rings (SSSR count). The first-order valence-corrected chi connectivity index (χ1v) is 7.74. The Hall–Kier alpha value is -2.13. The van der Waals surface area contributed by atoms with Gasteiger partial charge in [0.1, 0.15) is 5.82 Å². The van der Waals surface area contributed by atoms with Crippen LogP contribution in [0.4, 0.5) is 4.39 Å². The molecule has 2 heterocycles. The van der Waals surface area contributed by atoms with E-state index in [9.17, 15) is 4.39 Å². The largest absolute Gasteiger partial charge is 0.357 e. The molecule has 1 aromatic heterocycles. The number of hydrogen-bond acceptors (Lipinski definition) is 1. The number of aryl methyl sites for hydroxylation is 2. The number of aromatic nitrogens is 1. The van der Waals surface area contributed by atoms with E-state index < -0.39 is 0 Å². The van der Waals surface area contributed by atoms with Crippen molar-refractivity contribution in [1.82, 2.24) is 10.3 Å². The minimum absolute atomic E-state index is 0.0338. The Morgan fingerprint density at radius 1 is 1.14 bits per heavy atom. The third-order valence-electron chi connectivity index (χ3n) is 4.57. The van der Waals surface area contributed by atoms with Gasteiger partial charge in [0.05, 0.1) is 6.04 Å². The van der Waals surface area contributed by atoms with Gasteiger partial charge in [-0.25, -0.2) is 4.39 Å². The van der Waals surface area contributed by atoms with Gasteiger partial charge in [-0.15, -0.1) is 0 Å². The summed E-state index contributed by atoms with van der Waals surface area (Å²) in [6.45, 7) is 5.20. The third kappa shape index (κ3) is 2.04. The maximum Gasteiger partial charge on any atom is 0.123 e. The van der Waals surface area contributed by atoms with Gasteiger partial charge in [0.15, 0.2) is 0 Å². The molecule has 2 N–H and O–H groups in total. The highest BCUT2D eigenvalue weighted by Crippen LogP contribution is 2.35. The predicted octanol–water partition coefficient (Wildman–Crippen LogP) is 4.16. The number of nitrogens with one attached hydrogen (secondary N) is 2. The topological polar surface area (TPSA) is 27.8 Å². The number of halogens is 1.